The number of amides is 1. The first-order chi connectivity index (χ1) is 9.99. The summed E-state index contributed by atoms with van der Waals surface area (Å²) in [4.78, 5) is 25.6. The van der Waals surface area contributed by atoms with E-state index in [4.69, 9.17) is 0 Å². The fourth-order valence-electron chi connectivity index (χ4n) is 3.24. The fraction of sp³-hybridized carbons (Fsp3) is 0.529. The highest BCUT2D eigenvalue weighted by molar-refractivity contribution is 5.87. The molecular weight excluding hydrogens is 266 g/mol. The summed E-state index contributed by atoms with van der Waals surface area (Å²) >= 11 is 0. The lowest BCUT2D eigenvalue weighted by atomic mass is 9.92. The first-order valence-corrected chi connectivity index (χ1v) is 7.59. The van der Waals surface area contributed by atoms with Gasteiger partial charge in [0.1, 0.15) is 5.54 Å². The van der Waals surface area contributed by atoms with Gasteiger partial charge in [0.05, 0.1) is 0 Å². The molecule has 1 aliphatic heterocycles. The predicted molar refractivity (Wildman–Crippen MR) is 81.1 cm³/mol. The number of nitrogens with zero attached hydrogens (tertiary/aromatic N) is 1. The van der Waals surface area contributed by atoms with E-state index in [1.165, 1.54) is 5.56 Å². The minimum absolute atomic E-state index is 0.0433. The zero-order valence-corrected chi connectivity index (χ0v) is 12.8. The van der Waals surface area contributed by atoms with Gasteiger partial charge in [0.2, 0.25) is 5.91 Å². The highest BCUT2D eigenvalue weighted by Crippen LogP contribution is 2.33. The number of hydrogen-bond acceptors (Lipinski definition) is 2. The second-order valence-corrected chi connectivity index (χ2v) is 5.83. The van der Waals surface area contributed by atoms with Crippen molar-refractivity contribution in [3.63, 3.8) is 0 Å². The summed E-state index contributed by atoms with van der Waals surface area (Å²) in [6.07, 6.45) is 2.85. The van der Waals surface area contributed by atoms with E-state index in [1.807, 2.05) is 32.0 Å². The number of rotatable bonds is 5. The highest BCUT2D eigenvalue weighted by Gasteiger charge is 2.48. The van der Waals surface area contributed by atoms with Crippen molar-refractivity contribution >= 4 is 11.9 Å². The summed E-state index contributed by atoms with van der Waals surface area (Å²) in [5.74, 6) is -0.912. The third-order valence-electron chi connectivity index (χ3n) is 4.48. The van der Waals surface area contributed by atoms with Crippen LogP contribution in [0, 0.1) is 6.92 Å². The summed E-state index contributed by atoms with van der Waals surface area (Å²) in [6.45, 7) is 4.44. The normalized spacial score (nSPS) is 21.5. The van der Waals surface area contributed by atoms with E-state index in [0.717, 1.165) is 12.0 Å². The van der Waals surface area contributed by atoms with Gasteiger partial charge >= 0.3 is 5.97 Å². The van der Waals surface area contributed by atoms with Crippen LogP contribution in [0.4, 0.5) is 0 Å². The van der Waals surface area contributed by atoms with Crippen molar-refractivity contribution in [2.24, 2.45) is 0 Å². The van der Waals surface area contributed by atoms with Crippen LogP contribution in [-0.2, 0) is 16.0 Å². The number of carbonyl (C=O) groups is 2. The molecule has 1 aliphatic rings. The molecule has 1 saturated heterocycles. The molecule has 1 atom stereocenters. The molecule has 0 saturated carbocycles. The maximum absolute atomic E-state index is 12.4. The standard InChI is InChI=1S/C17H23NO3/c1-3-17(16(20)21)10-5-11-18(17)15(19)9-8-14-7-4-6-13(2)12-14/h4,6-7,12H,3,5,8-11H2,1-2H3,(H,20,21). The zero-order valence-electron chi connectivity index (χ0n) is 12.8. The third kappa shape index (κ3) is 3.09. The Bertz CT molecular complexity index is 541. The molecule has 114 valence electrons. The monoisotopic (exact) mass is 289 g/mol. The predicted octanol–water partition coefficient (Wildman–Crippen LogP) is 2.78. The van der Waals surface area contributed by atoms with Gasteiger partial charge in [-0.05, 0) is 38.2 Å². The molecule has 1 aromatic rings. The maximum Gasteiger partial charge on any atom is 0.329 e. The van der Waals surface area contributed by atoms with Crippen molar-refractivity contribution in [3.05, 3.63) is 35.4 Å². The van der Waals surface area contributed by atoms with Crippen LogP contribution >= 0.6 is 0 Å². The number of likely N-dealkylation sites (tertiary alicyclic amines) is 1. The van der Waals surface area contributed by atoms with E-state index in [2.05, 4.69) is 6.07 Å². The summed E-state index contributed by atoms with van der Waals surface area (Å²) in [5.41, 5.74) is 1.32. The Morgan fingerprint density at radius 1 is 1.38 bits per heavy atom. The molecule has 1 N–H and O–H groups in total. The molecule has 1 unspecified atom stereocenters. The van der Waals surface area contributed by atoms with Crippen molar-refractivity contribution in [1.82, 2.24) is 4.90 Å². The van der Waals surface area contributed by atoms with Gasteiger partial charge < -0.3 is 10.0 Å². The van der Waals surface area contributed by atoms with Crippen LogP contribution in [0.2, 0.25) is 0 Å². The average Bonchev–Trinajstić information content (AvgIpc) is 2.90. The van der Waals surface area contributed by atoms with Crippen molar-refractivity contribution in [2.75, 3.05) is 6.54 Å². The fourth-order valence-corrected chi connectivity index (χ4v) is 3.24. The minimum Gasteiger partial charge on any atom is -0.479 e. The third-order valence-corrected chi connectivity index (χ3v) is 4.48. The zero-order chi connectivity index (χ0) is 15.5. The number of hydrogen-bond donors (Lipinski definition) is 1. The van der Waals surface area contributed by atoms with E-state index < -0.39 is 11.5 Å². The van der Waals surface area contributed by atoms with Gasteiger partial charge in [0.25, 0.3) is 0 Å². The molecule has 0 bridgehead atoms. The molecular formula is C17H23NO3. The van der Waals surface area contributed by atoms with Gasteiger partial charge in [0.15, 0.2) is 0 Å². The SMILES string of the molecule is CCC1(C(=O)O)CCCN1C(=O)CCc1cccc(C)c1. The van der Waals surface area contributed by atoms with Gasteiger partial charge in [-0.15, -0.1) is 0 Å². The molecule has 0 aromatic heterocycles. The number of carbonyl (C=O) groups excluding carboxylic acids is 1. The lowest BCUT2D eigenvalue weighted by Crippen LogP contribution is -2.52. The first kappa shape index (κ1) is 15.5. The molecule has 1 heterocycles. The Morgan fingerprint density at radius 2 is 2.14 bits per heavy atom. The lowest BCUT2D eigenvalue weighted by molar-refractivity contribution is -0.156. The van der Waals surface area contributed by atoms with Crippen LogP contribution in [0.5, 0.6) is 0 Å². The number of carboxylic acids is 1. The van der Waals surface area contributed by atoms with Gasteiger partial charge in [0, 0.05) is 13.0 Å². The summed E-state index contributed by atoms with van der Waals surface area (Å²) in [7, 11) is 0. The van der Waals surface area contributed by atoms with E-state index in [9.17, 15) is 14.7 Å². The maximum atomic E-state index is 12.4. The smallest absolute Gasteiger partial charge is 0.329 e. The van der Waals surface area contributed by atoms with Gasteiger partial charge in [-0.3, -0.25) is 4.79 Å². The van der Waals surface area contributed by atoms with Crippen LogP contribution in [0.1, 0.15) is 43.7 Å². The second-order valence-electron chi connectivity index (χ2n) is 5.83. The lowest BCUT2D eigenvalue weighted by Gasteiger charge is -2.34. The van der Waals surface area contributed by atoms with Gasteiger partial charge in [-0.1, -0.05) is 36.8 Å². The van der Waals surface area contributed by atoms with Crippen molar-refractivity contribution in [3.8, 4) is 0 Å². The molecule has 4 heteroatoms. The van der Waals surface area contributed by atoms with E-state index in [-0.39, 0.29) is 5.91 Å². The van der Waals surface area contributed by atoms with Gasteiger partial charge in [-0.2, -0.15) is 0 Å². The molecule has 2 rings (SSSR count). The van der Waals surface area contributed by atoms with Crippen LogP contribution in [0.15, 0.2) is 24.3 Å². The van der Waals surface area contributed by atoms with Crippen molar-refractivity contribution in [1.29, 1.82) is 0 Å². The number of carboxylic acid groups (broad SMARTS) is 1. The second kappa shape index (κ2) is 6.29. The van der Waals surface area contributed by atoms with E-state index in [1.54, 1.807) is 4.90 Å². The van der Waals surface area contributed by atoms with Crippen molar-refractivity contribution in [2.45, 2.75) is 51.5 Å². The number of aliphatic carboxylic acids is 1. The first-order valence-electron chi connectivity index (χ1n) is 7.59. The van der Waals surface area contributed by atoms with Crippen LogP contribution < -0.4 is 0 Å². The van der Waals surface area contributed by atoms with Crippen molar-refractivity contribution < 1.29 is 14.7 Å². The Hall–Kier alpha value is -1.84. The van der Waals surface area contributed by atoms with Gasteiger partial charge in [-0.25, -0.2) is 4.79 Å². The molecule has 0 radical (unpaired) electrons. The van der Waals surface area contributed by atoms with Crippen LogP contribution in [-0.4, -0.2) is 34.0 Å². The molecule has 4 nitrogen and oxygen atoms in total. The topological polar surface area (TPSA) is 57.6 Å². The average molecular weight is 289 g/mol. The Morgan fingerprint density at radius 3 is 2.76 bits per heavy atom. The molecule has 0 aliphatic carbocycles. The summed E-state index contributed by atoms with van der Waals surface area (Å²) in [6, 6.07) is 8.09. The Kier molecular flexibility index (Phi) is 4.66. The number of benzene rings is 1. The number of aryl methyl sites for hydroxylation is 2. The molecule has 1 amide bonds. The van der Waals surface area contributed by atoms with Crippen LogP contribution in [0.25, 0.3) is 0 Å². The molecule has 1 aromatic carbocycles. The quantitative estimate of drug-likeness (QED) is 0.906. The summed E-state index contributed by atoms with van der Waals surface area (Å²) < 4.78 is 0. The van der Waals surface area contributed by atoms with E-state index >= 15 is 0 Å². The summed E-state index contributed by atoms with van der Waals surface area (Å²) in [5, 5.41) is 9.51. The Labute approximate surface area is 125 Å². The molecule has 21 heavy (non-hydrogen) atoms. The minimum atomic E-state index is -0.982. The largest absolute Gasteiger partial charge is 0.479 e. The molecule has 1 fully saturated rings. The highest BCUT2D eigenvalue weighted by atomic mass is 16.4. The van der Waals surface area contributed by atoms with Crippen LogP contribution in [0.3, 0.4) is 0 Å². The Balaban J connectivity index is 2.04. The van der Waals surface area contributed by atoms with E-state index in [0.29, 0.717) is 32.2 Å². The molecule has 0 spiro atoms.